The van der Waals surface area contributed by atoms with Gasteiger partial charge < -0.3 is 14.8 Å². The number of likely N-dealkylation sites (N-methyl/N-ethyl adjacent to an activating group) is 1. The highest BCUT2D eigenvalue weighted by Crippen LogP contribution is 2.23. The predicted molar refractivity (Wildman–Crippen MR) is 113 cm³/mol. The number of nitriles is 1. The number of amides is 2. The summed E-state index contributed by atoms with van der Waals surface area (Å²) in [7, 11) is -1.93. The highest BCUT2D eigenvalue weighted by atomic mass is 32.2. The van der Waals surface area contributed by atoms with Gasteiger partial charge in [-0.05, 0) is 24.3 Å². The molecular weight excluding hydrogens is 479 g/mol. The average molecular weight is 499 g/mol. The largest absolute Gasteiger partial charge is 0.494 e. The maximum absolute atomic E-state index is 13.9. The van der Waals surface area contributed by atoms with Crippen LogP contribution in [0.3, 0.4) is 0 Å². The Balaban J connectivity index is 2.29. The number of carbonyl (C=O) groups excluding carboxylic acids is 2. The van der Waals surface area contributed by atoms with Crippen molar-refractivity contribution in [3.63, 3.8) is 0 Å². The van der Waals surface area contributed by atoms with Gasteiger partial charge in [0.1, 0.15) is 11.8 Å². The van der Waals surface area contributed by atoms with E-state index in [-0.39, 0.29) is 22.6 Å². The van der Waals surface area contributed by atoms with Crippen LogP contribution in [-0.2, 0) is 20.4 Å². The van der Waals surface area contributed by atoms with Crippen LogP contribution in [-0.4, -0.2) is 57.7 Å². The summed E-state index contributed by atoms with van der Waals surface area (Å²) in [6, 6.07) is 6.66. The van der Waals surface area contributed by atoms with Crippen molar-refractivity contribution in [1.82, 2.24) is 10.2 Å². The molecule has 2 rings (SSSR count). The Morgan fingerprint density at radius 2 is 1.85 bits per heavy atom. The lowest BCUT2D eigenvalue weighted by Crippen LogP contribution is -2.50. The molecule has 0 saturated heterocycles. The summed E-state index contributed by atoms with van der Waals surface area (Å²) in [5, 5.41) is 11.2. The molecule has 0 bridgehead atoms. The first-order chi connectivity index (χ1) is 16.0. The van der Waals surface area contributed by atoms with Crippen LogP contribution in [0, 0.1) is 17.3 Å². The van der Waals surface area contributed by atoms with Crippen LogP contribution >= 0.6 is 0 Å². The predicted octanol–water partition coefficient (Wildman–Crippen LogP) is 2.09. The number of halogens is 3. The van der Waals surface area contributed by atoms with E-state index in [4.69, 9.17) is 10.00 Å². The Morgan fingerprint density at radius 3 is 2.44 bits per heavy atom. The zero-order valence-corrected chi connectivity index (χ0v) is 18.8. The minimum atomic E-state index is -4.22. The van der Waals surface area contributed by atoms with Crippen LogP contribution in [0.1, 0.15) is 15.9 Å². The van der Waals surface area contributed by atoms with Crippen molar-refractivity contribution in [2.75, 3.05) is 19.9 Å². The summed E-state index contributed by atoms with van der Waals surface area (Å²) in [5.41, 5.74) is -0.324. The van der Waals surface area contributed by atoms with Crippen LogP contribution < -0.4 is 14.8 Å². The summed E-state index contributed by atoms with van der Waals surface area (Å²) in [5.74, 6) is -5.16. The van der Waals surface area contributed by atoms with Gasteiger partial charge >= 0.3 is 6.61 Å². The zero-order chi connectivity index (χ0) is 25.5. The van der Waals surface area contributed by atoms with E-state index >= 15 is 0 Å². The number of alkyl halides is 2. The number of nitrogens with zero attached hydrogens (tertiary/aromatic N) is 2. The van der Waals surface area contributed by atoms with Crippen molar-refractivity contribution < 1.29 is 40.7 Å². The average Bonchev–Trinajstić information content (AvgIpc) is 2.78. The molecule has 34 heavy (non-hydrogen) atoms. The third-order valence-electron chi connectivity index (χ3n) is 4.48. The molecule has 13 heteroatoms. The molecule has 2 aromatic carbocycles. The highest BCUT2D eigenvalue weighted by Gasteiger charge is 2.31. The van der Waals surface area contributed by atoms with Crippen LogP contribution in [0.15, 0.2) is 42.5 Å². The van der Waals surface area contributed by atoms with Crippen molar-refractivity contribution in [2.45, 2.75) is 18.4 Å². The highest BCUT2D eigenvalue weighted by molar-refractivity contribution is 7.90. The van der Waals surface area contributed by atoms with Crippen LogP contribution in [0.4, 0.5) is 13.2 Å². The summed E-state index contributed by atoms with van der Waals surface area (Å²) in [4.78, 5) is 25.6. The quantitative estimate of drug-likeness (QED) is 0.392. The van der Waals surface area contributed by atoms with E-state index in [1.165, 1.54) is 43.6 Å². The van der Waals surface area contributed by atoms with Gasteiger partial charge in [0, 0.05) is 18.2 Å². The van der Waals surface area contributed by atoms with Gasteiger partial charge in [-0.25, -0.2) is 12.8 Å². The van der Waals surface area contributed by atoms with Gasteiger partial charge in [0.15, 0.2) is 27.6 Å². The standard InChI is InChI=1S/C21H20F3N3O6S/c1-27(12-25)20(29)16(26-19(28)13-7-8-18(32-2)15(22)9-13)11-34(30,31)10-14-5-3-4-6-17(14)33-21(23)24/h3-9,16,21H,10-11H2,1-2H3,(H,26,28)/t16-/m0/s1. The third-order valence-corrected chi connectivity index (χ3v) is 6.07. The second-order valence-corrected chi connectivity index (χ2v) is 9.02. The van der Waals surface area contributed by atoms with Gasteiger partial charge in [-0.3, -0.25) is 14.5 Å². The number of para-hydroxylation sites is 1. The number of benzene rings is 2. The Hall–Kier alpha value is -3.79. The molecule has 9 nitrogen and oxygen atoms in total. The van der Waals surface area contributed by atoms with Gasteiger partial charge in [-0.2, -0.15) is 14.0 Å². The number of hydrogen-bond donors (Lipinski definition) is 1. The molecule has 0 saturated carbocycles. The number of nitrogens with one attached hydrogen (secondary N) is 1. The van der Waals surface area contributed by atoms with E-state index in [9.17, 15) is 31.2 Å². The molecule has 0 spiro atoms. The van der Waals surface area contributed by atoms with Crippen molar-refractivity contribution >= 4 is 21.7 Å². The molecule has 1 N–H and O–H groups in total. The van der Waals surface area contributed by atoms with Gasteiger partial charge in [0.25, 0.3) is 11.8 Å². The first kappa shape index (κ1) is 26.5. The molecule has 0 radical (unpaired) electrons. The molecule has 0 unspecified atom stereocenters. The van der Waals surface area contributed by atoms with E-state index in [0.717, 1.165) is 19.2 Å². The van der Waals surface area contributed by atoms with Crippen molar-refractivity contribution in [3.8, 4) is 17.7 Å². The molecule has 2 aromatic rings. The first-order valence-corrected chi connectivity index (χ1v) is 11.3. The molecule has 0 aliphatic rings. The van der Waals surface area contributed by atoms with Gasteiger partial charge in [-0.15, -0.1) is 0 Å². The maximum atomic E-state index is 13.9. The van der Waals surface area contributed by atoms with E-state index in [1.54, 1.807) is 0 Å². The molecule has 0 aliphatic heterocycles. The molecule has 182 valence electrons. The number of methoxy groups -OCH3 is 1. The lowest BCUT2D eigenvalue weighted by atomic mass is 10.1. The topological polar surface area (TPSA) is 126 Å². The normalized spacial score (nSPS) is 11.9. The van der Waals surface area contributed by atoms with E-state index < -0.39 is 51.6 Å². The van der Waals surface area contributed by atoms with Crippen LogP contribution in [0.25, 0.3) is 0 Å². The van der Waals surface area contributed by atoms with Crippen molar-refractivity contribution in [1.29, 1.82) is 5.26 Å². The van der Waals surface area contributed by atoms with Crippen molar-refractivity contribution in [2.24, 2.45) is 0 Å². The Kier molecular flexibility index (Phi) is 8.85. The smallest absolute Gasteiger partial charge is 0.387 e. The fourth-order valence-corrected chi connectivity index (χ4v) is 4.45. The summed E-state index contributed by atoms with van der Waals surface area (Å²) >= 11 is 0. The monoisotopic (exact) mass is 499 g/mol. The number of sulfone groups is 1. The van der Waals surface area contributed by atoms with Crippen molar-refractivity contribution in [3.05, 3.63) is 59.4 Å². The minimum Gasteiger partial charge on any atom is -0.494 e. The van der Waals surface area contributed by atoms with Crippen LogP contribution in [0.5, 0.6) is 11.5 Å². The van der Waals surface area contributed by atoms with E-state index in [1.807, 2.05) is 0 Å². The number of rotatable bonds is 10. The molecular formula is C21H20F3N3O6S. The van der Waals surface area contributed by atoms with E-state index in [0.29, 0.717) is 4.90 Å². The lowest BCUT2D eigenvalue weighted by molar-refractivity contribution is -0.128. The Bertz CT molecular complexity index is 1200. The number of hydrogen-bond acceptors (Lipinski definition) is 7. The molecule has 0 fully saturated rings. The molecule has 2 amide bonds. The second-order valence-electron chi connectivity index (χ2n) is 6.91. The molecule has 0 heterocycles. The fourth-order valence-electron chi connectivity index (χ4n) is 2.89. The molecule has 1 atom stereocenters. The molecule has 0 aromatic heterocycles. The van der Waals surface area contributed by atoms with E-state index in [2.05, 4.69) is 10.1 Å². The number of carbonyl (C=O) groups is 2. The first-order valence-electron chi connectivity index (χ1n) is 9.52. The van der Waals surface area contributed by atoms with Gasteiger partial charge in [0.05, 0.1) is 18.6 Å². The third kappa shape index (κ3) is 7.11. The zero-order valence-electron chi connectivity index (χ0n) is 18.0. The van der Waals surface area contributed by atoms with Gasteiger partial charge in [0.2, 0.25) is 0 Å². The SMILES string of the molecule is COc1ccc(C(=O)N[C@@H](CS(=O)(=O)Cc2ccccc2OC(F)F)C(=O)N(C)C#N)cc1F. The summed E-state index contributed by atoms with van der Waals surface area (Å²) in [6.07, 6.45) is 1.51. The summed E-state index contributed by atoms with van der Waals surface area (Å²) in [6.45, 7) is -3.19. The minimum absolute atomic E-state index is 0.0915. The molecule has 0 aliphatic carbocycles. The lowest BCUT2D eigenvalue weighted by Gasteiger charge is -2.20. The number of ether oxygens (including phenoxy) is 2. The Morgan fingerprint density at radius 1 is 1.18 bits per heavy atom. The Labute approximate surface area is 193 Å². The maximum Gasteiger partial charge on any atom is 0.387 e. The fraction of sp³-hybridized carbons (Fsp3) is 0.286. The van der Waals surface area contributed by atoms with Gasteiger partial charge in [-0.1, -0.05) is 18.2 Å². The second kappa shape index (κ2) is 11.4. The summed E-state index contributed by atoms with van der Waals surface area (Å²) < 4.78 is 73.9. The van der Waals surface area contributed by atoms with Crippen LogP contribution in [0.2, 0.25) is 0 Å².